The molecule has 0 aliphatic heterocycles. The van der Waals surface area contributed by atoms with Crippen molar-refractivity contribution in [2.45, 2.75) is 6.42 Å². The molecule has 0 fully saturated rings. The van der Waals surface area contributed by atoms with Crippen LogP contribution in [0.15, 0.2) is 42.6 Å². The molecule has 0 saturated heterocycles. The molecule has 0 spiro atoms. The first-order valence-electron chi connectivity index (χ1n) is 5.69. The monoisotopic (exact) mass is 259 g/mol. The molecular weight excluding hydrogens is 246 g/mol. The zero-order chi connectivity index (χ0) is 13.8. The Morgan fingerprint density at radius 2 is 2.16 bits per heavy atom. The molecule has 0 bridgehead atoms. The first-order valence-corrected chi connectivity index (χ1v) is 5.69. The number of ether oxygens (including phenoxy) is 1. The number of hydrogen-bond acceptors (Lipinski definition) is 3. The smallest absolute Gasteiger partial charge is 0.308 e. The first-order chi connectivity index (χ1) is 9.11. The maximum atomic E-state index is 11.9. The average molecular weight is 259 g/mol. The lowest BCUT2D eigenvalue weighted by atomic mass is 10.0. The number of aromatic nitrogens is 1. The van der Waals surface area contributed by atoms with Crippen LogP contribution in [-0.2, 0) is 11.2 Å². The van der Waals surface area contributed by atoms with Crippen LogP contribution in [0.1, 0.15) is 5.56 Å². The molecule has 0 aliphatic rings. The van der Waals surface area contributed by atoms with Crippen LogP contribution in [0, 0.1) is 5.21 Å². The number of nitrogens with zero attached hydrogens (tertiary/aromatic N) is 1. The average Bonchev–Trinajstić information content (AvgIpc) is 2.38. The van der Waals surface area contributed by atoms with Gasteiger partial charge in [-0.1, -0.05) is 6.07 Å². The molecule has 0 unspecified atom stereocenters. The van der Waals surface area contributed by atoms with Crippen LogP contribution in [-0.4, -0.2) is 18.2 Å². The summed E-state index contributed by atoms with van der Waals surface area (Å²) < 4.78 is 5.78. The standard InChI is InChI=1S/C14H13NO4/c1-19-12-6-2-4-10(8-12)14-11(9-13(16)17)5-3-7-15(14)18/h2-8H,9H2,1H3,(H,16,17). The van der Waals surface area contributed by atoms with Gasteiger partial charge < -0.3 is 15.1 Å². The van der Waals surface area contributed by atoms with Gasteiger partial charge in [-0.25, -0.2) is 0 Å². The van der Waals surface area contributed by atoms with Crippen LogP contribution in [0.25, 0.3) is 11.3 Å². The van der Waals surface area contributed by atoms with Crippen molar-refractivity contribution in [3.8, 4) is 17.0 Å². The van der Waals surface area contributed by atoms with Gasteiger partial charge in [0.15, 0.2) is 6.20 Å². The Hall–Kier alpha value is -2.56. The van der Waals surface area contributed by atoms with Crippen molar-refractivity contribution < 1.29 is 19.4 Å². The minimum atomic E-state index is -0.977. The van der Waals surface area contributed by atoms with E-state index in [1.807, 2.05) is 0 Å². The fraction of sp³-hybridized carbons (Fsp3) is 0.143. The molecule has 1 aromatic carbocycles. The van der Waals surface area contributed by atoms with Crippen LogP contribution in [0.4, 0.5) is 0 Å². The molecule has 0 atom stereocenters. The molecule has 1 aromatic heterocycles. The normalized spacial score (nSPS) is 10.2. The minimum Gasteiger partial charge on any atom is -0.618 e. The van der Waals surface area contributed by atoms with Crippen molar-refractivity contribution in [3.63, 3.8) is 0 Å². The van der Waals surface area contributed by atoms with E-state index in [1.54, 1.807) is 30.3 Å². The van der Waals surface area contributed by atoms with Crippen LogP contribution in [0.2, 0.25) is 0 Å². The van der Waals surface area contributed by atoms with E-state index >= 15 is 0 Å². The Morgan fingerprint density at radius 3 is 2.84 bits per heavy atom. The molecule has 0 radical (unpaired) electrons. The maximum absolute atomic E-state index is 11.9. The third-order valence-corrected chi connectivity index (χ3v) is 2.73. The van der Waals surface area contributed by atoms with E-state index in [-0.39, 0.29) is 6.42 Å². The number of methoxy groups -OCH3 is 1. The van der Waals surface area contributed by atoms with Gasteiger partial charge in [-0.05, 0) is 24.3 Å². The van der Waals surface area contributed by atoms with Crippen LogP contribution >= 0.6 is 0 Å². The van der Waals surface area contributed by atoms with Gasteiger partial charge in [-0.3, -0.25) is 4.79 Å². The number of carboxylic acids is 1. The topological polar surface area (TPSA) is 73.5 Å². The van der Waals surface area contributed by atoms with Crippen molar-refractivity contribution in [1.29, 1.82) is 0 Å². The van der Waals surface area contributed by atoms with Crippen molar-refractivity contribution in [1.82, 2.24) is 0 Å². The third-order valence-electron chi connectivity index (χ3n) is 2.73. The summed E-state index contributed by atoms with van der Waals surface area (Å²) in [4.78, 5) is 10.9. The summed E-state index contributed by atoms with van der Waals surface area (Å²) >= 11 is 0. The second-order valence-corrected chi connectivity index (χ2v) is 4.01. The highest BCUT2D eigenvalue weighted by molar-refractivity contribution is 5.74. The van der Waals surface area contributed by atoms with Crippen molar-refractivity contribution >= 4 is 5.97 Å². The van der Waals surface area contributed by atoms with E-state index in [0.717, 1.165) is 0 Å². The largest absolute Gasteiger partial charge is 0.618 e. The summed E-state index contributed by atoms with van der Waals surface area (Å²) in [6.45, 7) is 0. The zero-order valence-corrected chi connectivity index (χ0v) is 10.4. The molecule has 2 aromatic rings. The number of hydrogen-bond donors (Lipinski definition) is 1. The van der Waals surface area contributed by atoms with Gasteiger partial charge in [0, 0.05) is 11.6 Å². The van der Waals surface area contributed by atoms with Gasteiger partial charge in [0.2, 0.25) is 5.69 Å². The highest BCUT2D eigenvalue weighted by atomic mass is 16.5. The summed E-state index contributed by atoms with van der Waals surface area (Å²) in [7, 11) is 1.54. The fourth-order valence-corrected chi connectivity index (χ4v) is 1.92. The summed E-state index contributed by atoms with van der Waals surface area (Å²) in [6.07, 6.45) is 1.15. The van der Waals surface area contributed by atoms with E-state index in [0.29, 0.717) is 27.3 Å². The Balaban J connectivity index is 2.56. The van der Waals surface area contributed by atoms with Crippen molar-refractivity contribution in [2.75, 3.05) is 7.11 Å². The SMILES string of the molecule is COc1cccc(-c2c(CC(=O)O)ccc[n+]2[O-])c1. The fourth-order valence-electron chi connectivity index (χ4n) is 1.92. The van der Waals surface area contributed by atoms with Gasteiger partial charge in [0.05, 0.1) is 19.1 Å². The molecule has 0 amide bonds. The highest BCUT2D eigenvalue weighted by Crippen LogP contribution is 2.24. The quantitative estimate of drug-likeness (QED) is 0.669. The maximum Gasteiger partial charge on any atom is 0.308 e. The lowest BCUT2D eigenvalue weighted by Crippen LogP contribution is -2.30. The van der Waals surface area contributed by atoms with E-state index in [4.69, 9.17) is 9.84 Å². The van der Waals surface area contributed by atoms with Gasteiger partial charge in [0.1, 0.15) is 5.75 Å². The number of carboxylic acid groups (broad SMARTS) is 1. The zero-order valence-electron chi connectivity index (χ0n) is 10.4. The Labute approximate surface area is 110 Å². The number of rotatable bonds is 4. The first kappa shape index (κ1) is 12.9. The second-order valence-electron chi connectivity index (χ2n) is 4.01. The number of aliphatic carboxylic acids is 1. The van der Waals surface area contributed by atoms with Crippen LogP contribution < -0.4 is 9.47 Å². The van der Waals surface area contributed by atoms with Crippen LogP contribution in [0.5, 0.6) is 5.75 Å². The molecule has 0 saturated carbocycles. The molecule has 0 aliphatic carbocycles. The number of pyridine rings is 1. The van der Waals surface area contributed by atoms with Crippen molar-refractivity contribution in [3.05, 3.63) is 53.4 Å². The Kier molecular flexibility index (Phi) is 3.66. The van der Waals surface area contributed by atoms with Crippen LogP contribution in [0.3, 0.4) is 0 Å². The summed E-state index contributed by atoms with van der Waals surface area (Å²) in [6, 6.07) is 10.1. The molecule has 98 valence electrons. The molecule has 1 heterocycles. The van der Waals surface area contributed by atoms with E-state index in [1.165, 1.54) is 19.4 Å². The Bertz CT molecular complexity index is 610. The van der Waals surface area contributed by atoms with Crippen molar-refractivity contribution in [2.24, 2.45) is 0 Å². The van der Waals surface area contributed by atoms with Gasteiger partial charge in [-0.2, -0.15) is 4.73 Å². The van der Waals surface area contributed by atoms with E-state index in [2.05, 4.69) is 0 Å². The molecule has 2 rings (SSSR count). The third kappa shape index (κ3) is 2.82. The lowest BCUT2D eigenvalue weighted by Gasteiger charge is -2.09. The summed E-state index contributed by atoms with van der Waals surface area (Å²) in [5.74, 6) is -0.363. The number of benzene rings is 1. The van der Waals surface area contributed by atoms with Gasteiger partial charge in [-0.15, -0.1) is 0 Å². The molecule has 1 N–H and O–H groups in total. The molecule has 19 heavy (non-hydrogen) atoms. The van der Waals surface area contributed by atoms with Gasteiger partial charge in [0.25, 0.3) is 0 Å². The number of carbonyl (C=O) groups is 1. The summed E-state index contributed by atoms with van der Waals surface area (Å²) in [5, 5.41) is 20.8. The Morgan fingerprint density at radius 1 is 1.37 bits per heavy atom. The lowest BCUT2D eigenvalue weighted by molar-refractivity contribution is -0.594. The van der Waals surface area contributed by atoms with E-state index in [9.17, 15) is 10.0 Å². The predicted octanol–water partition coefficient (Wildman–Crippen LogP) is 1.62. The van der Waals surface area contributed by atoms with E-state index < -0.39 is 5.97 Å². The molecule has 5 heteroatoms. The minimum absolute atomic E-state index is 0.199. The predicted molar refractivity (Wildman–Crippen MR) is 68.7 cm³/mol. The summed E-state index contributed by atoms with van der Waals surface area (Å²) in [5.41, 5.74) is 1.44. The van der Waals surface area contributed by atoms with Gasteiger partial charge >= 0.3 is 5.97 Å². The highest BCUT2D eigenvalue weighted by Gasteiger charge is 2.17. The molecular formula is C14H13NO4. The second kappa shape index (κ2) is 5.39. The molecule has 5 nitrogen and oxygen atoms in total.